The molecule has 0 amide bonds. The Morgan fingerprint density at radius 1 is 1.11 bits per heavy atom. The van der Waals surface area contributed by atoms with Crippen LogP contribution in [0.15, 0.2) is 53.4 Å². The lowest BCUT2D eigenvalue weighted by Crippen LogP contribution is -1.97. The number of rotatable bonds is 4. The molecule has 0 heterocycles. The summed E-state index contributed by atoms with van der Waals surface area (Å²) < 4.78 is 17.1. The molecule has 0 saturated carbocycles. The highest BCUT2D eigenvalue weighted by atomic mass is 32.2. The van der Waals surface area contributed by atoms with Gasteiger partial charge in [0.05, 0.1) is 10.8 Å². The van der Waals surface area contributed by atoms with Crippen molar-refractivity contribution in [3.05, 3.63) is 59.7 Å². The molecule has 0 radical (unpaired) electrons. The molecule has 94 valence electrons. The lowest BCUT2D eigenvalue weighted by Gasteiger charge is -2.09. The maximum absolute atomic E-state index is 11.4. The second kappa shape index (κ2) is 5.83. The van der Waals surface area contributed by atoms with Crippen molar-refractivity contribution in [2.45, 2.75) is 18.4 Å². The van der Waals surface area contributed by atoms with Gasteiger partial charge in [0.15, 0.2) is 0 Å². The summed E-state index contributed by atoms with van der Waals surface area (Å²) in [5, 5.41) is 0. The first-order valence-electron chi connectivity index (χ1n) is 5.77. The van der Waals surface area contributed by atoms with Crippen LogP contribution in [0, 0.1) is 6.92 Å². The van der Waals surface area contributed by atoms with E-state index in [-0.39, 0.29) is 0 Å². The van der Waals surface area contributed by atoms with Crippen molar-refractivity contribution in [3.63, 3.8) is 0 Å². The smallest absolute Gasteiger partial charge is 0.120 e. The third-order valence-electron chi connectivity index (χ3n) is 2.70. The second-order valence-corrected chi connectivity index (χ2v) is 5.50. The Labute approximate surface area is 110 Å². The van der Waals surface area contributed by atoms with E-state index >= 15 is 0 Å². The van der Waals surface area contributed by atoms with E-state index in [1.165, 1.54) is 0 Å². The van der Waals surface area contributed by atoms with E-state index in [4.69, 9.17) is 4.74 Å². The Morgan fingerprint density at radius 3 is 2.44 bits per heavy atom. The van der Waals surface area contributed by atoms with Crippen LogP contribution in [0.25, 0.3) is 0 Å². The first-order valence-corrected chi connectivity index (χ1v) is 7.33. The van der Waals surface area contributed by atoms with E-state index in [0.717, 1.165) is 21.8 Å². The van der Waals surface area contributed by atoms with Crippen LogP contribution in [0.1, 0.15) is 11.1 Å². The molecular formula is C15H16O2S. The Hall–Kier alpha value is -1.61. The van der Waals surface area contributed by atoms with E-state index in [1.807, 2.05) is 55.5 Å². The fourth-order valence-corrected chi connectivity index (χ4v) is 2.55. The van der Waals surface area contributed by atoms with E-state index in [2.05, 4.69) is 0 Å². The zero-order valence-corrected chi connectivity index (χ0v) is 11.4. The van der Waals surface area contributed by atoms with Gasteiger partial charge in [-0.1, -0.05) is 30.3 Å². The number of benzene rings is 2. The number of aryl methyl sites for hydroxylation is 1. The minimum Gasteiger partial charge on any atom is -0.489 e. The molecule has 0 unspecified atom stereocenters. The van der Waals surface area contributed by atoms with Crippen LogP contribution >= 0.6 is 0 Å². The highest BCUT2D eigenvalue weighted by Crippen LogP contribution is 2.20. The average molecular weight is 260 g/mol. The molecule has 0 fully saturated rings. The third kappa shape index (κ3) is 3.20. The SMILES string of the molecule is Cc1cc(OCc2ccccc2)ccc1[S@](C)=O. The van der Waals surface area contributed by atoms with E-state index < -0.39 is 10.8 Å². The lowest BCUT2D eigenvalue weighted by molar-refractivity contribution is 0.306. The topological polar surface area (TPSA) is 26.3 Å². The molecule has 0 spiro atoms. The molecule has 0 aliphatic rings. The van der Waals surface area contributed by atoms with Crippen molar-refractivity contribution < 1.29 is 8.95 Å². The highest BCUT2D eigenvalue weighted by Gasteiger charge is 2.04. The summed E-state index contributed by atoms with van der Waals surface area (Å²) in [7, 11) is -0.944. The van der Waals surface area contributed by atoms with Crippen LogP contribution in [0.2, 0.25) is 0 Å². The minimum atomic E-state index is -0.944. The Morgan fingerprint density at radius 2 is 1.83 bits per heavy atom. The van der Waals surface area contributed by atoms with Gasteiger partial charge in [0.25, 0.3) is 0 Å². The summed E-state index contributed by atoms with van der Waals surface area (Å²) in [5.74, 6) is 0.811. The van der Waals surface area contributed by atoms with E-state index in [1.54, 1.807) is 6.26 Å². The van der Waals surface area contributed by atoms with Gasteiger partial charge in [0, 0.05) is 11.2 Å². The van der Waals surface area contributed by atoms with Gasteiger partial charge in [-0.25, -0.2) is 0 Å². The normalized spacial score (nSPS) is 12.1. The molecule has 0 aliphatic heterocycles. The fraction of sp³-hybridized carbons (Fsp3) is 0.200. The molecular weight excluding hydrogens is 244 g/mol. The summed E-state index contributed by atoms with van der Waals surface area (Å²) in [6.07, 6.45) is 1.69. The molecule has 2 rings (SSSR count). The molecule has 0 N–H and O–H groups in total. The molecule has 18 heavy (non-hydrogen) atoms. The molecule has 0 aromatic heterocycles. The molecule has 0 aliphatic carbocycles. The zero-order chi connectivity index (χ0) is 13.0. The quantitative estimate of drug-likeness (QED) is 0.843. The van der Waals surface area contributed by atoms with Crippen LogP contribution in [-0.2, 0) is 17.4 Å². The maximum atomic E-state index is 11.4. The van der Waals surface area contributed by atoms with Gasteiger partial charge in [-0.15, -0.1) is 0 Å². The number of ether oxygens (including phenoxy) is 1. The van der Waals surface area contributed by atoms with Crippen LogP contribution in [0.5, 0.6) is 5.75 Å². The Balaban J connectivity index is 2.07. The fourth-order valence-electron chi connectivity index (χ4n) is 1.78. The zero-order valence-electron chi connectivity index (χ0n) is 10.6. The van der Waals surface area contributed by atoms with Gasteiger partial charge in [-0.2, -0.15) is 0 Å². The maximum Gasteiger partial charge on any atom is 0.120 e. The van der Waals surface area contributed by atoms with Crippen LogP contribution in [0.3, 0.4) is 0 Å². The first kappa shape index (κ1) is 12.8. The van der Waals surface area contributed by atoms with E-state index in [0.29, 0.717) is 6.61 Å². The standard InChI is InChI=1S/C15H16O2S/c1-12-10-14(8-9-15(12)18(2)16)17-11-13-6-4-3-5-7-13/h3-10H,11H2,1-2H3/t18-/m0/s1. The summed E-state index contributed by atoms with van der Waals surface area (Å²) in [5.41, 5.74) is 2.14. The van der Waals surface area contributed by atoms with Crippen LogP contribution in [-0.4, -0.2) is 10.5 Å². The predicted molar refractivity (Wildman–Crippen MR) is 74.3 cm³/mol. The molecule has 3 heteroatoms. The summed E-state index contributed by atoms with van der Waals surface area (Å²) >= 11 is 0. The lowest BCUT2D eigenvalue weighted by atomic mass is 10.2. The largest absolute Gasteiger partial charge is 0.489 e. The van der Waals surface area contributed by atoms with Crippen molar-refractivity contribution in [3.8, 4) is 5.75 Å². The van der Waals surface area contributed by atoms with Gasteiger partial charge in [-0.3, -0.25) is 4.21 Å². The van der Waals surface area contributed by atoms with Crippen molar-refractivity contribution >= 4 is 10.8 Å². The summed E-state index contributed by atoms with van der Waals surface area (Å²) in [4.78, 5) is 0.863. The summed E-state index contributed by atoms with van der Waals surface area (Å²) in [6, 6.07) is 15.7. The van der Waals surface area contributed by atoms with E-state index in [9.17, 15) is 4.21 Å². The second-order valence-electron chi connectivity index (χ2n) is 4.16. The number of hydrogen-bond donors (Lipinski definition) is 0. The van der Waals surface area contributed by atoms with Crippen molar-refractivity contribution in [1.29, 1.82) is 0 Å². The molecule has 2 aromatic rings. The predicted octanol–water partition coefficient (Wildman–Crippen LogP) is 3.31. The minimum absolute atomic E-state index is 0.550. The molecule has 2 nitrogen and oxygen atoms in total. The van der Waals surface area contributed by atoms with Gasteiger partial charge >= 0.3 is 0 Å². The third-order valence-corrected chi connectivity index (χ3v) is 3.78. The van der Waals surface area contributed by atoms with Gasteiger partial charge in [0.1, 0.15) is 12.4 Å². The molecule has 0 saturated heterocycles. The van der Waals surface area contributed by atoms with Gasteiger partial charge in [-0.05, 0) is 36.2 Å². The molecule has 1 atom stereocenters. The van der Waals surface area contributed by atoms with Gasteiger partial charge < -0.3 is 4.74 Å². The van der Waals surface area contributed by atoms with Crippen molar-refractivity contribution in [2.75, 3.05) is 6.26 Å². The highest BCUT2D eigenvalue weighted by molar-refractivity contribution is 7.84. The average Bonchev–Trinajstić information content (AvgIpc) is 2.37. The van der Waals surface area contributed by atoms with Crippen molar-refractivity contribution in [2.24, 2.45) is 0 Å². The Kier molecular flexibility index (Phi) is 4.15. The summed E-state index contributed by atoms with van der Waals surface area (Å²) in [6.45, 7) is 2.50. The first-order chi connectivity index (χ1) is 8.66. The van der Waals surface area contributed by atoms with Crippen molar-refractivity contribution in [1.82, 2.24) is 0 Å². The monoisotopic (exact) mass is 260 g/mol. The molecule has 0 bridgehead atoms. The number of hydrogen-bond acceptors (Lipinski definition) is 2. The Bertz CT molecular complexity index is 550. The van der Waals surface area contributed by atoms with Gasteiger partial charge in [0.2, 0.25) is 0 Å². The van der Waals surface area contributed by atoms with Crippen LogP contribution < -0.4 is 4.74 Å². The molecule has 2 aromatic carbocycles. The van der Waals surface area contributed by atoms with Crippen LogP contribution in [0.4, 0.5) is 0 Å².